The second-order valence-electron chi connectivity index (χ2n) is 5.93. The number of urea groups is 1. The number of benzene rings is 1. The molecule has 3 N–H and O–H groups in total. The molecule has 0 saturated heterocycles. The SMILES string of the molecule is CCOCc1ccc(CNC(=O)NCc2c(C)cc(C)[nH]c2=O)cc1. The lowest BCUT2D eigenvalue weighted by Crippen LogP contribution is -2.36. The van der Waals surface area contributed by atoms with Crippen molar-refractivity contribution in [1.29, 1.82) is 0 Å². The van der Waals surface area contributed by atoms with Crippen LogP contribution in [0.1, 0.15) is 34.9 Å². The summed E-state index contributed by atoms with van der Waals surface area (Å²) in [4.78, 5) is 26.6. The van der Waals surface area contributed by atoms with Crippen molar-refractivity contribution in [3.05, 3.63) is 68.6 Å². The molecular weight excluding hydrogens is 318 g/mol. The van der Waals surface area contributed by atoms with Gasteiger partial charge in [0.2, 0.25) is 0 Å². The van der Waals surface area contributed by atoms with Crippen LogP contribution < -0.4 is 16.2 Å². The fraction of sp³-hybridized carbons (Fsp3) is 0.368. The minimum atomic E-state index is -0.308. The van der Waals surface area contributed by atoms with Crippen LogP contribution in [-0.2, 0) is 24.4 Å². The van der Waals surface area contributed by atoms with Crippen LogP contribution in [0.25, 0.3) is 0 Å². The second kappa shape index (κ2) is 9.03. The lowest BCUT2D eigenvalue weighted by atomic mass is 10.1. The zero-order valence-electron chi connectivity index (χ0n) is 14.9. The van der Waals surface area contributed by atoms with Gasteiger partial charge in [0.1, 0.15) is 0 Å². The highest BCUT2D eigenvalue weighted by Gasteiger charge is 2.07. The molecule has 6 nitrogen and oxygen atoms in total. The highest BCUT2D eigenvalue weighted by atomic mass is 16.5. The maximum atomic E-state index is 11.9. The van der Waals surface area contributed by atoms with Gasteiger partial charge in [-0.05, 0) is 43.5 Å². The number of carbonyl (C=O) groups is 1. The Labute approximate surface area is 147 Å². The molecule has 25 heavy (non-hydrogen) atoms. The molecule has 0 unspecified atom stereocenters. The van der Waals surface area contributed by atoms with Crippen molar-refractivity contribution in [2.45, 2.75) is 40.5 Å². The molecule has 0 saturated carbocycles. The Hall–Kier alpha value is -2.60. The number of aryl methyl sites for hydroxylation is 2. The van der Waals surface area contributed by atoms with Crippen LogP contribution >= 0.6 is 0 Å². The van der Waals surface area contributed by atoms with E-state index in [2.05, 4.69) is 15.6 Å². The van der Waals surface area contributed by atoms with E-state index in [9.17, 15) is 9.59 Å². The first kappa shape index (κ1) is 18.7. The molecule has 2 aromatic rings. The lowest BCUT2D eigenvalue weighted by Gasteiger charge is -2.10. The van der Waals surface area contributed by atoms with E-state index in [4.69, 9.17) is 4.74 Å². The molecule has 1 aromatic carbocycles. The average molecular weight is 343 g/mol. The summed E-state index contributed by atoms with van der Waals surface area (Å²) in [6.45, 7) is 7.55. The van der Waals surface area contributed by atoms with Crippen molar-refractivity contribution in [3.63, 3.8) is 0 Å². The van der Waals surface area contributed by atoms with Crippen LogP contribution in [0.2, 0.25) is 0 Å². The number of hydrogen-bond acceptors (Lipinski definition) is 3. The van der Waals surface area contributed by atoms with E-state index >= 15 is 0 Å². The fourth-order valence-electron chi connectivity index (χ4n) is 2.49. The van der Waals surface area contributed by atoms with Crippen LogP contribution in [0.4, 0.5) is 4.79 Å². The predicted molar refractivity (Wildman–Crippen MR) is 97.4 cm³/mol. The molecule has 6 heteroatoms. The number of pyridine rings is 1. The van der Waals surface area contributed by atoms with E-state index in [1.165, 1.54) is 0 Å². The van der Waals surface area contributed by atoms with E-state index in [1.54, 1.807) is 0 Å². The van der Waals surface area contributed by atoms with Crippen molar-refractivity contribution in [3.8, 4) is 0 Å². The van der Waals surface area contributed by atoms with Gasteiger partial charge in [0, 0.05) is 24.4 Å². The Balaban J connectivity index is 1.82. The molecule has 0 fully saturated rings. The van der Waals surface area contributed by atoms with Crippen LogP contribution in [0, 0.1) is 13.8 Å². The van der Waals surface area contributed by atoms with Crippen molar-refractivity contribution in [2.75, 3.05) is 6.61 Å². The summed E-state index contributed by atoms with van der Waals surface area (Å²) in [5, 5.41) is 5.51. The van der Waals surface area contributed by atoms with Gasteiger partial charge in [0.05, 0.1) is 13.2 Å². The molecule has 0 radical (unpaired) electrons. The van der Waals surface area contributed by atoms with Crippen LogP contribution in [0.5, 0.6) is 0 Å². The molecule has 0 spiro atoms. The third-order valence-corrected chi connectivity index (χ3v) is 3.87. The smallest absolute Gasteiger partial charge is 0.315 e. The predicted octanol–water partition coefficient (Wildman–Crippen LogP) is 2.53. The second-order valence-corrected chi connectivity index (χ2v) is 5.93. The van der Waals surface area contributed by atoms with Gasteiger partial charge in [-0.2, -0.15) is 0 Å². The van der Waals surface area contributed by atoms with Crippen molar-refractivity contribution < 1.29 is 9.53 Å². The van der Waals surface area contributed by atoms with Gasteiger partial charge < -0.3 is 20.4 Å². The molecule has 0 aliphatic heterocycles. The van der Waals surface area contributed by atoms with Crippen LogP contribution in [-0.4, -0.2) is 17.6 Å². The Bertz CT molecular complexity index is 766. The number of nitrogens with one attached hydrogen (secondary N) is 3. The number of hydrogen-bond donors (Lipinski definition) is 3. The average Bonchev–Trinajstić information content (AvgIpc) is 2.58. The number of amides is 2. The summed E-state index contributed by atoms with van der Waals surface area (Å²) in [6.07, 6.45) is 0. The van der Waals surface area contributed by atoms with Gasteiger partial charge in [0.25, 0.3) is 5.56 Å². The first-order valence-electron chi connectivity index (χ1n) is 8.36. The summed E-state index contributed by atoms with van der Waals surface area (Å²) >= 11 is 0. The van der Waals surface area contributed by atoms with Gasteiger partial charge >= 0.3 is 6.03 Å². The number of aromatic amines is 1. The number of carbonyl (C=O) groups excluding carboxylic acids is 1. The van der Waals surface area contributed by atoms with Crippen molar-refractivity contribution in [2.24, 2.45) is 0 Å². The first-order chi connectivity index (χ1) is 12.0. The molecule has 2 amide bonds. The lowest BCUT2D eigenvalue weighted by molar-refractivity contribution is 0.134. The highest BCUT2D eigenvalue weighted by molar-refractivity contribution is 5.73. The Kier molecular flexibility index (Phi) is 6.77. The maximum Gasteiger partial charge on any atom is 0.315 e. The van der Waals surface area contributed by atoms with Crippen molar-refractivity contribution >= 4 is 6.03 Å². The monoisotopic (exact) mass is 343 g/mol. The molecule has 0 aliphatic carbocycles. The molecule has 0 aliphatic rings. The minimum absolute atomic E-state index is 0.164. The van der Waals surface area contributed by atoms with Crippen LogP contribution in [0.15, 0.2) is 35.1 Å². The van der Waals surface area contributed by atoms with Crippen LogP contribution in [0.3, 0.4) is 0 Å². The van der Waals surface area contributed by atoms with E-state index in [0.717, 1.165) is 22.4 Å². The van der Waals surface area contributed by atoms with Gasteiger partial charge in [-0.15, -0.1) is 0 Å². The van der Waals surface area contributed by atoms with Gasteiger partial charge in [0.15, 0.2) is 0 Å². The zero-order chi connectivity index (χ0) is 18.2. The topological polar surface area (TPSA) is 83.2 Å². The van der Waals surface area contributed by atoms with Gasteiger partial charge in [-0.1, -0.05) is 24.3 Å². The highest BCUT2D eigenvalue weighted by Crippen LogP contribution is 2.06. The van der Waals surface area contributed by atoms with Crippen molar-refractivity contribution in [1.82, 2.24) is 15.6 Å². The Morgan fingerprint density at radius 3 is 2.36 bits per heavy atom. The summed E-state index contributed by atoms with van der Waals surface area (Å²) < 4.78 is 5.35. The van der Waals surface area contributed by atoms with E-state index in [-0.39, 0.29) is 18.1 Å². The minimum Gasteiger partial charge on any atom is -0.377 e. The van der Waals surface area contributed by atoms with Gasteiger partial charge in [-0.25, -0.2) is 4.79 Å². The summed E-state index contributed by atoms with van der Waals surface area (Å²) in [7, 11) is 0. The number of rotatable bonds is 7. The normalized spacial score (nSPS) is 10.5. The fourth-order valence-corrected chi connectivity index (χ4v) is 2.49. The summed E-state index contributed by atoms with van der Waals surface area (Å²) in [6, 6.07) is 9.48. The van der Waals surface area contributed by atoms with E-state index < -0.39 is 0 Å². The quantitative estimate of drug-likeness (QED) is 0.722. The number of aromatic nitrogens is 1. The third kappa shape index (κ3) is 5.76. The molecule has 0 bridgehead atoms. The number of H-pyrrole nitrogens is 1. The molecule has 2 rings (SSSR count). The third-order valence-electron chi connectivity index (χ3n) is 3.87. The largest absolute Gasteiger partial charge is 0.377 e. The first-order valence-corrected chi connectivity index (χ1v) is 8.36. The van der Waals surface area contributed by atoms with E-state index in [1.807, 2.05) is 51.1 Å². The Morgan fingerprint density at radius 2 is 1.72 bits per heavy atom. The summed E-state index contributed by atoms with van der Waals surface area (Å²) in [5.74, 6) is 0. The molecular formula is C19H25N3O3. The van der Waals surface area contributed by atoms with Gasteiger partial charge in [-0.3, -0.25) is 4.79 Å². The van der Waals surface area contributed by atoms with E-state index in [0.29, 0.717) is 25.3 Å². The standard InChI is InChI=1S/C19H25N3O3/c1-4-25-12-16-7-5-15(6-8-16)10-20-19(24)21-11-17-13(2)9-14(3)22-18(17)23/h5-9H,4,10-12H2,1-3H3,(H,22,23)(H2,20,21,24). The molecule has 1 aromatic heterocycles. The summed E-state index contributed by atoms with van der Waals surface area (Å²) in [5.41, 5.74) is 4.18. The number of ether oxygens (including phenoxy) is 1. The molecule has 0 atom stereocenters. The molecule has 134 valence electrons. The maximum absolute atomic E-state index is 11.9. The Morgan fingerprint density at radius 1 is 1.08 bits per heavy atom. The zero-order valence-corrected chi connectivity index (χ0v) is 14.9. The molecule has 1 heterocycles.